The van der Waals surface area contributed by atoms with E-state index in [9.17, 15) is 0 Å². The molecule has 0 bridgehead atoms. The van der Waals surface area contributed by atoms with Gasteiger partial charge in [0.15, 0.2) is 5.11 Å². The van der Waals surface area contributed by atoms with Gasteiger partial charge in [-0.3, -0.25) is 0 Å². The first-order valence-corrected chi connectivity index (χ1v) is 9.49. The van der Waals surface area contributed by atoms with Crippen LogP contribution in [0, 0.1) is 0 Å². The van der Waals surface area contributed by atoms with Crippen molar-refractivity contribution < 1.29 is 0 Å². The van der Waals surface area contributed by atoms with Gasteiger partial charge in [-0.15, -0.1) is 0 Å². The molecule has 22 heavy (non-hydrogen) atoms. The lowest BCUT2D eigenvalue weighted by Gasteiger charge is -2.10. The molecule has 0 saturated heterocycles. The molecule has 0 aliphatic heterocycles. The van der Waals surface area contributed by atoms with Gasteiger partial charge in [0, 0.05) is 33.2 Å². The number of benzene rings is 2. The Hall–Kier alpha value is -0.750. The van der Waals surface area contributed by atoms with Gasteiger partial charge in [-0.2, -0.15) is 11.8 Å². The van der Waals surface area contributed by atoms with E-state index in [2.05, 4.69) is 32.6 Å². The van der Waals surface area contributed by atoms with Gasteiger partial charge in [-0.25, -0.2) is 0 Å². The summed E-state index contributed by atoms with van der Waals surface area (Å²) in [5.74, 6) is 1.93. The van der Waals surface area contributed by atoms with Gasteiger partial charge in [0.25, 0.3) is 0 Å². The van der Waals surface area contributed by atoms with E-state index < -0.39 is 0 Å². The van der Waals surface area contributed by atoms with E-state index in [0.717, 1.165) is 33.2 Å². The Labute approximate surface area is 154 Å². The zero-order valence-electron chi connectivity index (χ0n) is 11.8. The molecule has 2 N–H and O–H groups in total. The van der Waals surface area contributed by atoms with E-state index in [-0.39, 0.29) is 0 Å². The molecule has 0 fully saturated rings. The largest absolute Gasteiger partial charge is 0.362 e. The van der Waals surface area contributed by atoms with Crippen molar-refractivity contribution in [3.63, 3.8) is 0 Å². The minimum atomic E-state index is 0.640. The highest BCUT2D eigenvalue weighted by Crippen LogP contribution is 2.17. The summed E-state index contributed by atoms with van der Waals surface area (Å²) >= 11 is 16.5. The molecule has 0 aliphatic carbocycles. The van der Waals surface area contributed by atoms with Crippen LogP contribution in [0.15, 0.2) is 53.0 Å². The molecule has 2 aromatic rings. The number of nitrogens with one attached hydrogen (secondary N) is 2. The summed E-state index contributed by atoms with van der Waals surface area (Å²) < 4.78 is 1.03. The van der Waals surface area contributed by atoms with Gasteiger partial charge in [0.1, 0.15) is 0 Å². The highest BCUT2D eigenvalue weighted by Gasteiger charge is 1.99. The van der Waals surface area contributed by atoms with Crippen LogP contribution in [0.1, 0.15) is 5.56 Å². The zero-order chi connectivity index (χ0) is 15.8. The molecule has 2 aromatic carbocycles. The summed E-state index contributed by atoms with van der Waals surface area (Å²) in [6, 6.07) is 15.9. The Morgan fingerprint density at radius 1 is 1.18 bits per heavy atom. The Balaban J connectivity index is 1.63. The smallest absolute Gasteiger partial charge is 0.170 e. The number of halogens is 2. The molecule has 0 spiro atoms. The first kappa shape index (κ1) is 17.6. The molecule has 0 atom stereocenters. The van der Waals surface area contributed by atoms with Crippen molar-refractivity contribution in [2.24, 2.45) is 0 Å². The lowest BCUT2D eigenvalue weighted by molar-refractivity contribution is 0.990. The van der Waals surface area contributed by atoms with Crippen LogP contribution in [-0.2, 0) is 5.75 Å². The molecule has 2 nitrogen and oxygen atoms in total. The number of thiocarbonyl (C=S) groups is 1. The summed E-state index contributed by atoms with van der Waals surface area (Å²) in [6.45, 7) is 0.824. The monoisotopic (exact) mass is 414 g/mol. The van der Waals surface area contributed by atoms with E-state index in [4.69, 9.17) is 23.8 Å². The molecule has 6 heteroatoms. The Bertz CT molecular complexity index is 637. The topological polar surface area (TPSA) is 24.1 Å². The lowest BCUT2D eigenvalue weighted by Crippen LogP contribution is -2.30. The molecular weight excluding hydrogens is 400 g/mol. The van der Waals surface area contributed by atoms with Crippen LogP contribution in [0.2, 0.25) is 5.02 Å². The third-order valence-electron chi connectivity index (χ3n) is 2.77. The van der Waals surface area contributed by atoms with E-state index in [1.54, 1.807) is 0 Å². The maximum absolute atomic E-state index is 5.96. The van der Waals surface area contributed by atoms with Crippen molar-refractivity contribution in [2.75, 3.05) is 17.6 Å². The molecule has 0 saturated carbocycles. The van der Waals surface area contributed by atoms with Gasteiger partial charge in [-0.05, 0) is 48.1 Å². The van der Waals surface area contributed by atoms with Crippen molar-refractivity contribution in [3.05, 3.63) is 63.6 Å². The third kappa shape index (κ3) is 6.57. The molecule has 0 aromatic heterocycles. The number of hydrogen-bond donors (Lipinski definition) is 2. The van der Waals surface area contributed by atoms with E-state index in [0.29, 0.717) is 5.11 Å². The molecule has 0 amide bonds. The summed E-state index contributed by atoms with van der Waals surface area (Å²) in [6.07, 6.45) is 0. The predicted molar refractivity (Wildman–Crippen MR) is 106 cm³/mol. The second kappa shape index (κ2) is 9.40. The summed E-state index contributed by atoms with van der Waals surface area (Å²) in [5, 5.41) is 7.80. The van der Waals surface area contributed by atoms with Crippen molar-refractivity contribution in [2.45, 2.75) is 5.75 Å². The van der Waals surface area contributed by atoms with Gasteiger partial charge in [0.2, 0.25) is 0 Å². The van der Waals surface area contributed by atoms with Crippen LogP contribution in [0.4, 0.5) is 5.69 Å². The second-order valence-electron chi connectivity index (χ2n) is 4.57. The summed E-state index contributed by atoms with van der Waals surface area (Å²) in [4.78, 5) is 0. The number of thioether (sulfide) groups is 1. The first-order chi connectivity index (χ1) is 10.6. The molecule has 0 heterocycles. The fourth-order valence-corrected chi connectivity index (χ4v) is 3.43. The number of anilines is 1. The van der Waals surface area contributed by atoms with Gasteiger partial charge in [-0.1, -0.05) is 45.7 Å². The average Bonchev–Trinajstić information content (AvgIpc) is 2.47. The predicted octanol–water partition coefficient (Wildman–Crippen LogP) is 5.32. The highest BCUT2D eigenvalue weighted by molar-refractivity contribution is 9.10. The fourth-order valence-electron chi connectivity index (χ4n) is 1.80. The van der Waals surface area contributed by atoms with Crippen LogP contribution in [0.3, 0.4) is 0 Å². The average molecular weight is 416 g/mol. The van der Waals surface area contributed by atoms with Crippen molar-refractivity contribution in [3.8, 4) is 0 Å². The first-order valence-electron chi connectivity index (χ1n) is 6.76. The van der Waals surface area contributed by atoms with E-state index in [1.165, 1.54) is 5.56 Å². The summed E-state index contributed by atoms with van der Waals surface area (Å²) in [7, 11) is 0. The second-order valence-corrected chi connectivity index (χ2v) is 7.44. The van der Waals surface area contributed by atoms with E-state index >= 15 is 0 Å². The van der Waals surface area contributed by atoms with E-state index in [1.807, 2.05) is 54.2 Å². The molecule has 2 rings (SSSR count). The van der Waals surface area contributed by atoms with Crippen molar-refractivity contribution in [1.82, 2.24) is 5.32 Å². The van der Waals surface area contributed by atoms with Gasteiger partial charge >= 0.3 is 0 Å². The minimum absolute atomic E-state index is 0.640. The van der Waals surface area contributed by atoms with Crippen molar-refractivity contribution in [1.29, 1.82) is 0 Å². The SMILES string of the molecule is S=C(NCCSCc1cccc(Cl)c1)Nc1cccc(Br)c1. The van der Waals surface area contributed by atoms with Crippen LogP contribution in [0.25, 0.3) is 0 Å². The van der Waals surface area contributed by atoms with Crippen LogP contribution in [-0.4, -0.2) is 17.4 Å². The standard InChI is InChI=1S/C16H16BrClN2S2/c17-13-4-2-6-15(10-13)20-16(21)19-7-8-22-11-12-3-1-5-14(18)9-12/h1-6,9-10H,7-8,11H2,(H2,19,20,21). The Morgan fingerprint density at radius 2 is 2.00 bits per heavy atom. The maximum Gasteiger partial charge on any atom is 0.170 e. The minimum Gasteiger partial charge on any atom is -0.362 e. The van der Waals surface area contributed by atoms with Crippen molar-refractivity contribution >= 4 is 62.3 Å². The van der Waals surface area contributed by atoms with Crippen LogP contribution >= 0.6 is 51.5 Å². The van der Waals surface area contributed by atoms with Crippen LogP contribution < -0.4 is 10.6 Å². The third-order valence-corrected chi connectivity index (χ3v) is 4.78. The highest BCUT2D eigenvalue weighted by atomic mass is 79.9. The molecular formula is C16H16BrClN2S2. The Kier molecular flexibility index (Phi) is 7.52. The zero-order valence-corrected chi connectivity index (χ0v) is 15.8. The maximum atomic E-state index is 5.96. The quantitative estimate of drug-likeness (QED) is 0.492. The lowest BCUT2D eigenvalue weighted by atomic mass is 10.2. The molecule has 0 radical (unpaired) electrons. The van der Waals surface area contributed by atoms with Crippen LogP contribution in [0.5, 0.6) is 0 Å². The molecule has 0 aliphatic rings. The Morgan fingerprint density at radius 3 is 2.77 bits per heavy atom. The summed E-state index contributed by atoms with van der Waals surface area (Å²) in [5.41, 5.74) is 2.21. The number of hydrogen-bond acceptors (Lipinski definition) is 2. The normalized spacial score (nSPS) is 10.3. The number of rotatable bonds is 6. The fraction of sp³-hybridized carbons (Fsp3) is 0.188. The van der Waals surface area contributed by atoms with Gasteiger partial charge in [0.05, 0.1) is 0 Å². The van der Waals surface area contributed by atoms with Gasteiger partial charge < -0.3 is 10.6 Å². The molecule has 116 valence electrons. The molecule has 0 unspecified atom stereocenters.